The lowest BCUT2D eigenvalue weighted by Gasteiger charge is -2.10. The first-order valence-electron chi connectivity index (χ1n) is 6.01. The van der Waals surface area contributed by atoms with Crippen molar-refractivity contribution in [1.82, 2.24) is 0 Å². The van der Waals surface area contributed by atoms with Crippen LogP contribution in [0.15, 0.2) is 42.5 Å². The van der Waals surface area contributed by atoms with Crippen LogP contribution in [0.2, 0.25) is 5.02 Å². The predicted molar refractivity (Wildman–Crippen MR) is 74.6 cm³/mol. The van der Waals surface area contributed by atoms with Gasteiger partial charge in [-0.25, -0.2) is 0 Å². The van der Waals surface area contributed by atoms with Crippen LogP contribution in [0.3, 0.4) is 0 Å². The molecule has 2 aromatic carbocycles. The minimum Gasteiger partial charge on any atom is -0.489 e. The van der Waals surface area contributed by atoms with E-state index >= 15 is 0 Å². The molecule has 0 radical (unpaired) electrons. The topological polar surface area (TPSA) is 38.3 Å². The molecule has 0 atom stereocenters. The summed E-state index contributed by atoms with van der Waals surface area (Å²) in [5, 5.41) is 3.51. The molecule has 1 heterocycles. The van der Waals surface area contributed by atoms with Crippen molar-refractivity contribution >= 4 is 23.2 Å². The molecule has 3 rings (SSSR count). The molecule has 1 amide bonds. The van der Waals surface area contributed by atoms with Crippen LogP contribution in [0.4, 0.5) is 5.69 Å². The number of hydrogen-bond acceptors (Lipinski definition) is 2. The van der Waals surface area contributed by atoms with Crippen molar-refractivity contribution in [2.24, 2.45) is 0 Å². The van der Waals surface area contributed by atoms with Crippen molar-refractivity contribution in [3.05, 3.63) is 58.6 Å². The summed E-state index contributed by atoms with van der Waals surface area (Å²) in [6, 6.07) is 13.2. The SMILES string of the molecule is O=C1Cc2c(cccc2OCc2ccc(Cl)cc2)N1. The summed E-state index contributed by atoms with van der Waals surface area (Å²) < 4.78 is 5.79. The Morgan fingerprint density at radius 2 is 1.95 bits per heavy atom. The number of nitrogens with one attached hydrogen (secondary N) is 1. The van der Waals surface area contributed by atoms with Crippen LogP contribution < -0.4 is 10.1 Å². The number of rotatable bonds is 3. The molecule has 2 aromatic rings. The lowest BCUT2D eigenvalue weighted by atomic mass is 10.1. The van der Waals surface area contributed by atoms with E-state index in [1.165, 1.54) is 0 Å². The summed E-state index contributed by atoms with van der Waals surface area (Å²) >= 11 is 5.84. The lowest BCUT2D eigenvalue weighted by Crippen LogP contribution is -2.03. The normalized spacial score (nSPS) is 13.0. The molecule has 96 valence electrons. The van der Waals surface area contributed by atoms with E-state index in [0.29, 0.717) is 18.1 Å². The summed E-state index contributed by atoms with van der Waals surface area (Å²) in [4.78, 5) is 11.4. The average molecular weight is 274 g/mol. The maximum Gasteiger partial charge on any atom is 0.229 e. The third-order valence-electron chi connectivity index (χ3n) is 3.05. The number of amides is 1. The Morgan fingerprint density at radius 1 is 1.16 bits per heavy atom. The molecule has 1 N–H and O–H groups in total. The van der Waals surface area contributed by atoms with E-state index in [1.807, 2.05) is 42.5 Å². The number of carbonyl (C=O) groups excluding carboxylic acids is 1. The maximum atomic E-state index is 11.4. The second-order valence-corrected chi connectivity index (χ2v) is 4.86. The highest BCUT2D eigenvalue weighted by Gasteiger charge is 2.21. The van der Waals surface area contributed by atoms with Gasteiger partial charge in [-0.15, -0.1) is 0 Å². The summed E-state index contributed by atoms with van der Waals surface area (Å²) in [6.07, 6.45) is 0.381. The number of fused-ring (bicyclic) bond motifs is 1. The number of carbonyl (C=O) groups is 1. The standard InChI is InChI=1S/C15H12ClNO2/c16-11-6-4-10(5-7-11)9-19-14-3-1-2-13-12(14)8-15(18)17-13/h1-7H,8-9H2,(H,17,18). The van der Waals surface area contributed by atoms with Crippen molar-refractivity contribution in [3.63, 3.8) is 0 Å². The molecule has 0 fully saturated rings. The molecule has 1 aliphatic rings. The molecule has 4 heteroatoms. The molecule has 0 unspecified atom stereocenters. The van der Waals surface area contributed by atoms with Gasteiger partial charge in [-0.05, 0) is 29.8 Å². The highest BCUT2D eigenvalue weighted by molar-refractivity contribution is 6.30. The average Bonchev–Trinajstić information content (AvgIpc) is 2.79. The second-order valence-electron chi connectivity index (χ2n) is 4.42. The molecule has 0 aromatic heterocycles. The minimum absolute atomic E-state index is 0.0116. The van der Waals surface area contributed by atoms with Gasteiger partial charge in [0.1, 0.15) is 12.4 Å². The summed E-state index contributed by atoms with van der Waals surface area (Å²) in [6.45, 7) is 0.460. The van der Waals surface area contributed by atoms with Crippen LogP contribution >= 0.6 is 11.6 Å². The third kappa shape index (κ3) is 2.56. The second kappa shape index (κ2) is 4.94. The molecule has 3 nitrogen and oxygen atoms in total. The smallest absolute Gasteiger partial charge is 0.229 e. The van der Waals surface area contributed by atoms with E-state index < -0.39 is 0 Å². The molecule has 0 saturated carbocycles. The van der Waals surface area contributed by atoms with Gasteiger partial charge in [0, 0.05) is 16.3 Å². The fraction of sp³-hybridized carbons (Fsp3) is 0.133. The minimum atomic E-state index is 0.0116. The highest BCUT2D eigenvalue weighted by atomic mass is 35.5. The Balaban J connectivity index is 1.76. The van der Waals surface area contributed by atoms with E-state index in [1.54, 1.807) is 0 Å². The molecule has 0 spiro atoms. The number of anilines is 1. The monoisotopic (exact) mass is 273 g/mol. The van der Waals surface area contributed by atoms with Gasteiger partial charge >= 0.3 is 0 Å². The lowest BCUT2D eigenvalue weighted by molar-refractivity contribution is -0.115. The van der Waals surface area contributed by atoms with Gasteiger partial charge in [-0.2, -0.15) is 0 Å². The van der Waals surface area contributed by atoms with E-state index in [9.17, 15) is 4.79 Å². The Kier molecular flexibility index (Phi) is 3.13. The summed E-state index contributed by atoms with van der Waals surface area (Å²) in [7, 11) is 0. The number of halogens is 1. The fourth-order valence-corrected chi connectivity index (χ4v) is 2.22. The summed E-state index contributed by atoms with van der Waals surface area (Å²) in [5.74, 6) is 0.767. The first kappa shape index (κ1) is 12.1. The van der Waals surface area contributed by atoms with E-state index in [4.69, 9.17) is 16.3 Å². The Bertz CT molecular complexity index is 623. The molecule has 1 aliphatic heterocycles. The number of benzene rings is 2. The summed E-state index contributed by atoms with van der Waals surface area (Å²) in [5.41, 5.74) is 2.82. The third-order valence-corrected chi connectivity index (χ3v) is 3.30. The van der Waals surface area contributed by atoms with Crippen molar-refractivity contribution in [3.8, 4) is 5.75 Å². The molecular weight excluding hydrogens is 262 g/mol. The molecule has 19 heavy (non-hydrogen) atoms. The predicted octanol–water partition coefficient (Wildman–Crippen LogP) is 3.41. The van der Waals surface area contributed by atoms with Crippen LogP contribution in [0.1, 0.15) is 11.1 Å². The first-order chi connectivity index (χ1) is 9.22. The van der Waals surface area contributed by atoms with Crippen LogP contribution in [-0.4, -0.2) is 5.91 Å². The van der Waals surface area contributed by atoms with Crippen LogP contribution in [0.25, 0.3) is 0 Å². The Labute approximate surface area is 116 Å². The van der Waals surface area contributed by atoms with Crippen LogP contribution in [-0.2, 0) is 17.8 Å². The zero-order chi connectivity index (χ0) is 13.2. The van der Waals surface area contributed by atoms with Gasteiger partial charge in [0.2, 0.25) is 5.91 Å². The largest absolute Gasteiger partial charge is 0.489 e. The van der Waals surface area contributed by atoms with Crippen LogP contribution in [0, 0.1) is 0 Å². The molecule has 0 saturated heterocycles. The van der Waals surface area contributed by atoms with Gasteiger partial charge in [0.25, 0.3) is 0 Å². The number of hydrogen-bond donors (Lipinski definition) is 1. The van der Waals surface area contributed by atoms with E-state index in [2.05, 4.69) is 5.32 Å². The van der Waals surface area contributed by atoms with E-state index in [0.717, 1.165) is 22.6 Å². The Hall–Kier alpha value is -2.00. The van der Waals surface area contributed by atoms with Gasteiger partial charge < -0.3 is 10.1 Å². The van der Waals surface area contributed by atoms with Crippen molar-refractivity contribution < 1.29 is 9.53 Å². The Morgan fingerprint density at radius 3 is 2.74 bits per heavy atom. The molecule has 0 aliphatic carbocycles. The molecular formula is C15H12ClNO2. The van der Waals surface area contributed by atoms with Crippen molar-refractivity contribution in [2.45, 2.75) is 13.0 Å². The van der Waals surface area contributed by atoms with Crippen molar-refractivity contribution in [2.75, 3.05) is 5.32 Å². The fourth-order valence-electron chi connectivity index (χ4n) is 2.10. The zero-order valence-electron chi connectivity index (χ0n) is 10.2. The van der Waals surface area contributed by atoms with Crippen LogP contribution in [0.5, 0.6) is 5.75 Å². The number of ether oxygens (including phenoxy) is 1. The molecule has 0 bridgehead atoms. The van der Waals surface area contributed by atoms with Crippen molar-refractivity contribution in [1.29, 1.82) is 0 Å². The van der Waals surface area contributed by atoms with Gasteiger partial charge in [-0.1, -0.05) is 29.8 Å². The quantitative estimate of drug-likeness (QED) is 0.931. The first-order valence-corrected chi connectivity index (χ1v) is 6.39. The van der Waals surface area contributed by atoms with Gasteiger partial charge in [0.15, 0.2) is 0 Å². The van der Waals surface area contributed by atoms with Gasteiger partial charge in [0.05, 0.1) is 6.42 Å². The van der Waals surface area contributed by atoms with Gasteiger partial charge in [-0.3, -0.25) is 4.79 Å². The van der Waals surface area contributed by atoms with E-state index in [-0.39, 0.29) is 5.91 Å². The zero-order valence-corrected chi connectivity index (χ0v) is 10.9. The maximum absolute atomic E-state index is 11.4. The highest BCUT2D eigenvalue weighted by Crippen LogP contribution is 2.31.